The van der Waals surface area contributed by atoms with Crippen molar-refractivity contribution < 1.29 is 23.8 Å². The second-order valence-electron chi connectivity index (χ2n) is 6.88. The lowest BCUT2D eigenvalue weighted by molar-refractivity contribution is -0.252. The van der Waals surface area contributed by atoms with Crippen LogP contribution in [0.4, 0.5) is 0 Å². The van der Waals surface area contributed by atoms with Gasteiger partial charge in [-0.3, -0.25) is 4.79 Å². The van der Waals surface area contributed by atoms with Crippen LogP contribution < -0.4 is 5.32 Å². The van der Waals surface area contributed by atoms with Crippen LogP contribution in [0.2, 0.25) is 0 Å². The molecular weight excluding hydrogens is 370 g/mol. The molecule has 0 aromatic heterocycles. The number of allylic oxidation sites excluding steroid dienone is 2. The Balaban J connectivity index is 1.47. The first-order valence-corrected chi connectivity index (χ1v) is 9.39. The summed E-state index contributed by atoms with van der Waals surface area (Å²) < 4.78 is 17.1. The highest BCUT2D eigenvalue weighted by molar-refractivity contribution is 6.04. The van der Waals surface area contributed by atoms with E-state index in [9.17, 15) is 9.59 Å². The highest BCUT2D eigenvalue weighted by atomic mass is 16.7. The minimum atomic E-state index is -0.525. The average Bonchev–Trinajstić information content (AvgIpc) is 2.75. The number of fused-ring (bicyclic) bond motifs is 1. The van der Waals surface area contributed by atoms with Crippen LogP contribution in [0.3, 0.4) is 0 Å². The molecule has 2 heterocycles. The van der Waals surface area contributed by atoms with Crippen molar-refractivity contribution in [1.29, 1.82) is 0 Å². The second kappa shape index (κ2) is 8.43. The lowest BCUT2D eigenvalue weighted by atomic mass is 10.1. The molecule has 0 aliphatic carbocycles. The van der Waals surface area contributed by atoms with Crippen LogP contribution in [0.1, 0.15) is 29.1 Å². The van der Waals surface area contributed by atoms with Crippen LogP contribution >= 0.6 is 0 Å². The molecule has 0 unspecified atom stereocenters. The van der Waals surface area contributed by atoms with Crippen molar-refractivity contribution in [3.63, 3.8) is 0 Å². The maximum atomic E-state index is 12.3. The van der Waals surface area contributed by atoms with E-state index < -0.39 is 24.5 Å². The normalized spacial score (nSPS) is 24.2. The molecule has 0 radical (unpaired) electrons. The number of nitrogens with one attached hydrogen (secondary N) is 1. The van der Waals surface area contributed by atoms with Gasteiger partial charge >= 0.3 is 5.97 Å². The van der Waals surface area contributed by atoms with Gasteiger partial charge in [0.25, 0.3) is 0 Å². The highest BCUT2D eigenvalue weighted by Gasteiger charge is 2.38. The SMILES string of the molecule is C/C(=C/C(=O)c1ccccc1)NC1=C[C@@H]2O[C@@H](c3ccccc3)OC[C@@H]2OC1=O. The summed E-state index contributed by atoms with van der Waals surface area (Å²) in [6.07, 6.45) is 1.69. The molecule has 0 spiro atoms. The maximum absolute atomic E-state index is 12.3. The third-order valence-electron chi connectivity index (χ3n) is 4.68. The zero-order valence-electron chi connectivity index (χ0n) is 15.9. The fraction of sp³-hybridized carbons (Fsp3) is 0.217. The Morgan fingerprint density at radius 1 is 1.07 bits per heavy atom. The smallest absolute Gasteiger partial charge is 0.354 e. The van der Waals surface area contributed by atoms with Crippen LogP contribution in [-0.2, 0) is 19.0 Å². The van der Waals surface area contributed by atoms with E-state index in [-0.39, 0.29) is 18.1 Å². The number of hydrogen-bond acceptors (Lipinski definition) is 6. The molecule has 3 atom stereocenters. The van der Waals surface area contributed by atoms with Gasteiger partial charge in [0.2, 0.25) is 0 Å². The summed E-state index contributed by atoms with van der Waals surface area (Å²) in [6.45, 7) is 1.97. The topological polar surface area (TPSA) is 73.9 Å². The predicted octanol–water partition coefficient (Wildman–Crippen LogP) is 3.29. The van der Waals surface area contributed by atoms with E-state index >= 15 is 0 Å². The number of ether oxygens (including phenoxy) is 3. The Hall–Kier alpha value is -3.22. The Morgan fingerprint density at radius 2 is 1.76 bits per heavy atom. The third kappa shape index (κ3) is 4.45. The second-order valence-corrected chi connectivity index (χ2v) is 6.88. The van der Waals surface area contributed by atoms with Crippen LogP contribution in [0.25, 0.3) is 0 Å². The average molecular weight is 391 g/mol. The molecule has 2 aromatic rings. The first kappa shape index (κ1) is 19.1. The molecule has 1 fully saturated rings. The van der Waals surface area contributed by atoms with Gasteiger partial charge in [0.15, 0.2) is 18.2 Å². The minimum absolute atomic E-state index is 0.148. The summed E-state index contributed by atoms with van der Waals surface area (Å²) in [5.41, 5.74) is 2.25. The Kier molecular flexibility index (Phi) is 5.55. The molecule has 29 heavy (non-hydrogen) atoms. The van der Waals surface area contributed by atoms with Gasteiger partial charge in [-0.1, -0.05) is 60.7 Å². The number of benzene rings is 2. The number of esters is 1. The van der Waals surface area contributed by atoms with Crippen molar-refractivity contribution in [3.8, 4) is 0 Å². The van der Waals surface area contributed by atoms with Gasteiger partial charge in [0, 0.05) is 22.9 Å². The lowest BCUT2D eigenvalue weighted by Gasteiger charge is -2.37. The van der Waals surface area contributed by atoms with Crippen LogP contribution in [-0.4, -0.2) is 30.6 Å². The van der Waals surface area contributed by atoms with Crippen molar-refractivity contribution in [3.05, 3.63) is 95.3 Å². The molecule has 0 amide bonds. The number of rotatable bonds is 5. The van der Waals surface area contributed by atoms with Gasteiger partial charge in [0.05, 0.1) is 6.61 Å². The van der Waals surface area contributed by atoms with Crippen LogP contribution in [0.15, 0.2) is 84.2 Å². The van der Waals surface area contributed by atoms with Crippen molar-refractivity contribution in [1.82, 2.24) is 5.32 Å². The first-order chi connectivity index (χ1) is 14.1. The minimum Gasteiger partial charge on any atom is -0.452 e. The lowest BCUT2D eigenvalue weighted by Crippen LogP contribution is -2.47. The van der Waals surface area contributed by atoms with E-state index in [0.717, 1.165) is 5.56 Å². The van der Waals surface area contributed by atoms with E-state index in [4.69, 9.17) is 14.2 Å². The van der Waals surface area contributed by atoms with Crippen molar-refractivity contribution >= 4 is 11.8 Å². The number of ketones is 1. The largest absolute Gasteiger partial charge is 0.452 e. The van der Waals surface area contributed by atoms with Gasteiger partial charge in [-0.05, 0) is 13.0 Å². The Bertz CT molecular complexity index is 952. The molecule has 0 saturated carbocycles. The van der Waals surface area contributed by atoms with Crippen LogP contribution in [0.5, 0.6) is 0 Å². The van der Waals surface area contributed by atoms with Crippen molar-refractivity contribution in [2.24, 2.45) is 0 Å². The molecular formula is C23H21NO5. The van der Waals surface area contributed by atoms with Crippen molar-refractivity contribution in [2.75, 3.05) is 6.61 Å². The molecule has 2 aromatic carbocycles. The van der Waals surface area contributed by atoms with Gasteiger partial charge in [-0.25, -0.2) is 4.79 Å². The summed E-state index contributed by atoms with van der Waals surface area (Å²) in [5, 5.41) is 2.96. The summed E-state index contributed by atoms with van der Waals surface area (Å²) in [6, 6.07) is 18.5. The molecule has 1 saturated heterocycles. The highest BCUT2D eigenvalue weighted by Crippen LogP contribution is 2.30. The molecule has 2 aliphatic heterocycles. The zero-order chi connectivity index (χ0) is 20.2. The monoisotopic (exact) mass is 391 g/mol. The summed E-state index contributed by atoms with van der Waals surface area (Å²) in [7, 11) is 0. The Labute approximate surface area is 168 Å². The van der Waals surface area contributed by atoms with Gasteiger partial charge in [-0.15, -0.1) is 0 Å². The van der Waals surface area contributed by atoms with Gasteiger partial charge < -0.3 is 19.5 Å². The third-order valence-corrected chi connectivity index (χ3v) is 4.68. The van der Waals surface area contributed by atoms with Crippen LogP contribution in [0, 0.1) is 0 Å². The van der Waals surface area contributed by atoms with Gasteiger partial charge in [0.1, 0.15) is 11.8 Å². The first-order valence-electron chi connectivity index (χ1n) is 9.39. The fourth-order valence-electron chi connectivity index (χ4n) is 3.24. The fourth-order valence-corrected chi connectivity index (χ4v) is 3.24. The van der Waals surface area contributed by atoms with E-state index in [1.54, 1.807) is 37.3 Å². The molecule has 2 aliphatic rings. The standard InChI is InChI=1S/C23H21NO5/c1-15(12-19(25)16-8-4-2-5-9-16)24-18-13-20-21(28-22(18)26)14-27-23(29-20)17-10-6-3-7-11-17/h2-13,20-21,23-24H,14H2,1H3/b15-12-/t20-,21-,23-/m0/s1. The number of carbonyl (C=O) groups excluding carboxylic acids is 2. The van der Waals surface area contributed by atoms with E-state index in [2.05, 4.69) is 5.32 Å². The maximum Gasteiger partial charge on any atom is 0.354 e. The summed E-state index contributed by atoms with van der Waals surface area (Å²) >= 11 is 0. The van der Waals surface area contributed by atoms with E-state index in [1.165, 1.54) is 6.08 Å². The van der Waals surface area contributed by atoms with Gasteiger partial charge in [-0.2, -0.15) is 0 Å². The summed E-state index contributed by atoms with van der Waals surface area (Å²) in [4.78, 5) is 24.6. The van der Waals surface area contributed by atoms with E-state index in [1.807, 2.05) is 36.4 Å². The molecule has 6 heteroatoms. The predicted molar refractivity (Wildman–Crippen MR) is 106 cm³/mol. The molecule has 0 bridgehead atoms. The molecule has 1 N–H and O–H groups in total. The molecule has 4 rings (SSSR count). The number of hydrogen-bond donors (Lipinski definition) is 1. The van der Waals surface area contributed by atoms with E-state index in [0.29, 0.717) is 11.3 Å². The Morgan fingerprint density at radius 3 is 2.48 bits per heavy atom. The molecule has 148 valence electrons. The summed E-state index contributed by atoms with van der Waals surface area (Å²) in [5.74, 6) is -0.652. The quantitative estimate of drug-likeness (QED) is 0.479. The zero-order valence-corrected chi connectivity index (χ0v) is 15.9. The number of carbonyl (C=O) groups is 2. The van der Waals surface area contributed by atoms with Crippen molar-refractivity contribution in [2.45, 2.75) is 25.4 Å². The molecule has 6 nitrogen and oxygen atoms in total.